The van der Waals surface area contributed by atoms with E-state index in [1.165, 1.54) is 23.1 Å². The molecular formula is C17H26O. The number of rotatable bonds is 2. The molecule has 0 aliphatic heterocycles. The van der Waals surface area contributed by atoms with Gasteiger partial charge < -0.3 is 5.11 Å². The predicted octanol–water partition coefficient (Wildman–Crippen LogP) is 4.18. The fraction of sp³-hybridized carbons (Fsp3) is 0.647. The molecule has 1 N–H and O–H groups in total. The third-order valence-corrected chi connectivity index (χ3v) is 4.97. The molecule has 0 spiro atoms. The minimum Gasteiger partial charge on any atom is -0.389 e. The van der Waals surface area contributed by atoms with Gasteiger partial charge in [0.1, 0.15) is 0 Å². The van der Waals surface area contributed by atoms with Crippen LogP contribution in [0.1, 0.15) is 56.2 Å². The van der Waals surface area contributed by atoms with Crippen molar-refractivity contribution < 1.29 is 5.11 Å². The quantitative estimate of drug-likeness (QED) is 0.830. The summed E-state index contributed by atoms with van der Waals surface area (Å²) in [5, 5.41) is 11.0. The van der Waals surface area contributed by atoms with E-state index in [1.807, 2.05) is 0 Å². The Bertz CT molecular complexity index is 433. The van der Waals surface area contributed by atoms with Gasteiger partial charge in [-0.25, -0.2) is 0 Å². The Morgan fingerprint density at radius 3 is 2.33 bits per heavy atom. The van der Waals surface area contributed by atoms with Gasteiger partial charge in [-0.1, -0.05) is 44.9 Å². The molecule has 1 aliphatic carbocycles. The molecule has 1 fully saturated rings. The minimum absolute atomic E-state index is 0.0318. The number of benzene rings is 1. The molecule has 1 aliphatic rings. The summed E-state index contributed by atoms with van der Waals surface area (Å²) in [5.74, 6) is 0. The van der Waals surface area contributed by atoms with E-state index in [2.05, 4.69) is 45.9 Å². The fourth-order valence-corrected chi connectivity index (χ4v) is 3.13. The van der Waals surface area contributed by atoms with E-state index >= 15 is 0 Å². The Hall–Kier alpha value is -0.820. The summed E-state index contributed by atoms with van der Waals surface area (Å²) in [5.41, 5.74) is 3.42. The second-order valence-electron chi connectivity index (χ2n) is 6.72. The van der Waals surface area contributed by atoms with Crippen LogP contribution in [0.5, 0.6) is 0 Å². The van der Waals surface area contributed by atoms with Crippen LogP contribution in [0.15, 0.2) is 18.2 Å². The van der Waals surface area contributed by atoms with E-state index < -0.39 is 5.60 Å². The first-order valence-electron chi connectivity index (χ1n) is 7.13. The molecule has 1 atom stereocenters. The monoisotopic (exact) mass is 246 g/mol. The summed E-state index contributed by atoms with van der Waals surface area (Å²) in [6.45, 7) is 8.72. The van der Waals surface area contributed by atoms with Crippen LogP contribution >= 0.6 is 0 Å². The van der Waals surface area contributed by atoms with Crippen LogP contribution in [0.25, 0.3) is 0 Å². The van der Waals surface area contributed by atoms with E-state index in [-0.39, 0.29) is 5.41 Å². The maximum atomic E-state index is 11.0. The van der Waals surface area contributed by atoms with Crippen molar-refractivity contribution >= 4 is 0 Å². The van der Waals surface area contributed by atoms with E-state index in [0.717, 1.165) is 25.7 Å². The smallest absolute Gasteiger partial charge is 0.0738 e. The van der Waals surface area contributed by atoms with Gasteiger partial charge in [-0.3, -0.25) is 0 Å². The Balaban J connectivity index is 2.23. The van der Waals surface area contributed by atoms with Crippen molar-refractivity contribution in [3.8, 4) is 0 Å². The minimum atomic E-state index is -0.535. The van der Waals surface area contributed by atoms with Crippen molar-refractivity contribution in [2.24, 2.45) is 5.41 Å². The van der Waals surface area contributed by atoms with Crippen LogP contribution in [-0.4, -0.2) is 10.7 Å². The molecule has 0 amide bonds. The Labute approximate surface area is 111 Å². The van der Waals surface area contributed by atoms with Crippen molar-refractivity contribution in [1.29, 1.82) is 0 Å². The lowest BCUT2D eigenvalue weighted by Gasteiger charge is -2.46. The van der Waals surface area contributed by atoms with Crippen molar-refractivity contribution in [2.75, 3.05) is 0 Å². The highest BCUT2D eigenvalue weighted by Gasteiger charge is 2.44. The number of aliphatic hydroxyl groups is 1. The number of aryl methyl sites for hydroxylation is 2. The lowest BCUT2D eigenvalue weighted by Crippen LogP contribution is -2.48. The largest absolute Gasteiger partial charge is 0.389 e. The third-order valence-electron chi connectivity index (χ3n) is 4.97. The summed E-state index contributed by atoms with van der Waals surface area (Å²) < 4.78 is 0. The van der Waals surface area contributed by atoms with Crippen molar-refractivity contribution in [3.63, 3.8) is 0 Å². The van der Waals surface area contributed by atoms with Crippen LogP contribution in [0.4, 0.5) is 0 Å². The van der Waals surface area contributed by atoms with Gasteiger partial charge in [0.05, 0.1) is 5.60 Å². The lowest BCUT2D eigenvalue weighted by atomic mass is 9.63. The maximum absolute atomic E-state index is 11.0. The molecule has 100 valence electrons. The van der Waals surface area contributed by atoms with Crippen molar-refractivity contribution in [1.82, 2.24) is 0 Å². The number of hydrogen-bond acceptors (Lipinski definition) is 1. The summed E-state index contributed by atoms with van der Waals surface area (Å²) in [4.78, 5) is 0. The molecule has 18 heavy (non-hydrogen) atoms. The van der Waals surface area contributed by atoms with Gasteiger partial charge in [0.25, 0.3) is 0 Å². The van der Waals surface area contributed by atoms with Crippen LogP contribution in [0, 0.1) is 19.3 Å². The molecule has 1 nitrogen and oxygen atoms in total. The first-order valence-corrected chi connectivity index (χ1v) is 7.13. The van der Waals surface area contributed by atoms with Gasteiger partial charge in [-0.05, 0) is 48.8 Å². The SMILES string of the molecule is Cc1ccc(CC2(O)CCCCC2(C)C)cc1C. The highest BCUT2D eigenvalue weighted by Crippen LogP contribution is 2.45. The van der Waals surface area contributed by atoms with E-state index in [0.29, 0.717) is 0 Å². The highest BCUT2D eigenvalue weighted by molar-refractivity contribution is 5.31. The number of hydrogen-bond donors (Lipinski definition) is 1. The topological polar surface area (TPSA) is 20.2 Å². The molecule has 0 aromatic heterocycles. The first kappa shape index (κ1) is 13.6. The van der Waals surface area contributed by atoms with Gasteiger partial charge >= 0.3 is 0 Å². The highest BCUT2D eigenvalue weighted by atomic mass is 16.3. The molecule has 1 aromatic rings. The van der Waals surface area contributed by atoms with Crippen LogP contribution in [-0.2, 0) is 6.42 Å². The molecule has 1 saturated carbocycles. The molecular weight excluding hydrogens is 220 g/mol. The molecule has 1 unspecified atom stereocenters. The normalized spacial score (nSPS) is 27.2. The first-order chi connectivity index (χ1) is 8.34. The lowest BCUT2D eigenvalue weighted by molar-refractivity contribution is -0.0958. The zero-order chi connectivity index (χ0) is 13.4. The molecule has 0 radical (unpaired) electrons. The van der Waals surface area contributed by atoms with Crippen molar-refractivity contribution in [2.45, 2.75) is 65.4 Å². The summed E-state index contributed by atoms with van der Waals surface area (Å²) in [6.07, 6.45) is 5.27. The standard InChI is InChI=1S/C17H26O/c1-13-7-8-15(11-14(13)2)12-17(18)10-6-5-9-16(17,3)4/h7-8,11,18H,5-6,9-10,12H2,1-4H3. The van der Waals surface area contributed by atoms with Crippen LogP contribution in [0.3, 0.4) is 0 Å². The predicted molar refractivity (Wildman–Crippen MR) is 76.8 cm³/mol. The van der Waals surface area contributed by atoms with Gasteiger partial charge in [0.2, 0.25) is 0 Å². The molecule has 2 rings (SSSR count). The molecule has 0 heterocycles. The van der Waals surface area contributed by atoms with Crippen LogP contribution in [0.2, 0.25) is 0 Å². The van der Waals surface area contributed by atoms with Gasteiger partial charge in [-0.2, -0.15) is 0 Å². The molecule has 1 aromatic carbocycles. The third kappa shape index (κ3) is 2.47. The summed E-state index contributed by atoms with van der Waals surface area (Å²) in [7, 11) is 0. The summed E-state index contributed by atoms with van der Waals surface area (Å²) in [6, 6.07) is 6.58. The van der Waals surface area contributed by atoms with E-state index in [1.54, 1.807) is 0 Å². The Kier molecular flexibility index (Phi) is 3.55. The zero-order valence-electron chi connectivity index (χ0n) is 12.2. The zero-order valence-corrected chi connectivity index (χ0v) is 12.2. The van der Waals surface area contributed by atoms with E-state index in [4.69, 9.17) is 0 Å². The second-order valence-corrected chi connectivity index (χ2v) is 6.72. The fourth-order valence-electron chi connectivity index (χ4n) is 3.13. The van der Waals surface area contributed by atoms with Crippen LogP contribution < -0.4 is 0 Å². The molecule has 0 saturated heterocycles. The molecule has 0 bridgehead atoms. The van der Waals surface area contributed by atoms with Gasteiger partial charge in [0.15, 0.2) is 0 Å². The van der Waals surface area contributed by atoms with Crippen molar-refractivity contribution in [3.05, 3.63) is 34.9 Å². The van der Waals surface area contributed by atoms with E-state index in [9.17, 15) is 5.11 Å². The Morgan fingerprint density at radius 1 is 1.06 bits per heavy atom. The average Bonchev–Trinajstić information content (AvgIpc) is 2.28. The second kappa shape index (κ2) is 4.70. The maximum Gasteiger partial charge on any atom is 0.0738 e. The van der Waals surface area contributed by atoms with Gasteiger partial charge in [-0.15, -0.1) is 0 Å². The average molecular weight is 246 g/mol. The Morgan fingerprint density at radius 2 is 1.72 bits per heavy atom. The van der Waals surface area contributed by atoms with Gasteiger partial charge in [0, 0.05) is 6.42 Å². The molecule has 1 heteroatoms. The summed E-state index contributed by atoms with van der Waals surface area (Å²) >= 11 is 0.